The molecule has 0 spiro atoms. The van der Waals surface area contributed by atoms with E-state index >= 15 is 0 Å². The van der Waals surface area contributed by atoms with Crippen molar-refractivity contribution in [1.82, 2.24) is 10.3 Å². The van der Waals surface area contributed by atoms with Crippen LogP contribution in [0.2, 0.25) is 0 Å². The summed E-state index contributed by atoms with van der Waals surface area (Å²) in [5, 5.41) is 14.4. The molecule has 1 rings (SSSR count). The van der Waals surface area contributed by atoms with Gasteiger partial charge in [-0.25, -0.2) is 4.98 Å². The second kappa shape index (κ2) is 7.79. The number of methoxy groups -OCH3 is 1. The summed E-state index contributed by atoms with van der Waals surface area (Å²) in [6.07, 6.45) is 1.48. The first-order valence-corrected chi connectivity index (χ1v) is 6.89. The Kier molecular flexibility index (Phi) is 6.38. The van der Waals surface area contributed by atoms with Crippen LogP contribution in [-0.2, 0) is 6.42 Å². The van der Waals surface area contributed by atoms with E-state index in [2.05, 4.69) is 24.1 Å². The zero-order valence-electron chi connectivity index (χ0n) is 12.5. The van der Waals surface area contributed by atoms with E-state index in [4.69, 9.17) is 4.74 Å². The predicted octanol–water partition coefficient (Wildman–Crippen LogP) is 2.57. The van der Waals surface area contributed by atoms with Gasteiger partial charge in [-0.05, 0) is 18.9 Å². The topological polar surface area (TPSA) is 77.3 Å². The summed E-state index contributed by atoms with van der Waals surface area (Å²) >= 11 is 0. The van der Waals surface area contributed by atoms with Crippen LogP contribution in [0.4, 0.5) is 5.69 Å². The molecule has 20 heavy (non-hydrogen) atoms. The van der Waals surface area contributed by atoms with Crippen molar-refractivity contribution in [3.05, 3.63) is 27.9 Å². The molecule has 0 aliphatic heterocycles. The van der Waals surface area contributed by atoms with E-state index in [0.29, 0.717) is 23.9 Å². The van der Waals surface area contributed by atoms with Gasteiger partial charge < -0.3 is 10.1 Å². The monoisotopic (exact) mass is 281 g/mol. The maximum Gasteiger partial charge on any atom is 0.291 e. The van der Waals surface area contributed by atoms with Gasteiger partial charge in [-0.1, -0.05) is 20.8 Å². The molecule has 6 nitrogen and oxygen atoms in total. The van der Waals surface area contributed by atoms with Crippen LogP contribution in [0.5, 0.6) is 5.88 Å². The van der Waals surface area contributed by atoms with Crippen molar-refractivity contribution in [2.75, 3.05) is 13.7 Å². The Labute approximate surface area is 119 Å². The molecule has 1 atom stereocenters. The number of aromatic nitrogens is 1. The third-order valence-corrected chi connectivity index (χ3v) is 3.02. The third-order valence-electron chi connectivity index (χ3n) is 3.02. The van der Waals surface area contributed by atoms with Crippen LogP contribution in [0.15, 0.2) is 12.1 Å². The fourth-order valence-electron chi connectivity index (χ4n) is 2.23. The predicted molar refractivity (Wildman–Crippen MR) is 78.1 cm³/mol. The normalized spacial score (nSPS) is 12.4. The molecule has 0 saturated carbocycles. The van der Waals surface area contributed by atoms with Crippen molar-refractivity contribution in [2.45, 2.75) is 39.7 Å². The molecule has 1 aromatic heterocycles. The lowest BCUT2D eigenvalue weighted by Crippen LogP contribution is -2.32. The molecule has 6 heteroatoms. The highest BCUT2D eigenvalue weighted by Gasteiger charge is 2.20. The molecule has 0 fully saturated rings. The van der Waals surface area contributed by atoms with Crippen molar-refractivity contribution in [3.63, 3.8) is 0 Å². The number of hydrogen-bond donors (Lipinski definition) is 1. The fourth-order valence-corrected chi connectivity index (χ4v) is 2.23. The second-order valence-corrected chi connectivity index (χ2v) is 5.16. The lowest BCUT2D eigenvalue weighted by atomic mass is 9.99. The van der Waals surface area contributed by atoms with Crippen molar-refractivity contribution in [3.8, 4) is 5.88 Å². The minimum atomic E-state index is -0.389. The maximum absolute atomic E-state index is 11.1. The SMILES string of the molecule is CCNC(Cc1nc(OC)ccc1[N+](=O)[O-])CC(C)C. The summed E-state index contributed by atoms with van der Waals surface area (Å²) in [6.45, 7) is 7.13. The van der Waals surface area contributed by atoms with Crippen LogP contribution in [0.3, 0.4) is 0 Å². The molecule has 0 saturated heterocycles. The summed E-state index contributed by atoms with van der Waals surface area (Å²) in [7, 11) is 1.51. The first kappa shape index (κ1) is 16.4. The lowest BCUT2D eigenvalue weighted by Gasteiger charge is -2.19. The van der Waals surface area contributed by atoms with E-state index in [1.807, 2.05) is 6.92 Å². The quantitative estimate of drug-likeness (QED) is 0.585. The zero-order valence-corrected chi connectivity index (χ0v) is 12.5. The highest BCUT2D eigenvalue weighted by molar-refractivity contribution is 5.38. The Balaban J connectivity index is 2.99. The molecule has 1 unspecified atom stereocenters. The minimum absolute atomic E-state index is 0.0532. The van der Waals surface area contributed by atoms with E-state index in [1.165, 1.54) is 19.2 Å². The fraction of sp³-hybridized carbons (Fsp3) is 0.643. The van der Waals surface area contributed by atoms with Gasteiger partial charge in [0.2, 0.25) is 5.88 Å². The van der Waals surface area contributed by atoms with Gasteiger partial charge in [-0.3, -0.25) is 10.1 Å². The van der Waals surface area contributed by atoms with Crippen LogP contribution < -0.4 is 10.1 Å². The summed E-state index contributed by atoms with van der Waals surface area (Å²) < 4.78 is 5.06. The van der Waals surface area contributed by atoms with E-state index in [0.717, 1.165) is 13.0 Å². The average molecular weight is 281 g/mol. The molecule has 0 aliphatic rings. The van der Waals surface area contributed by atoms with E-state index in [-0.39, 0.29) is 16.7 Å². The molecule has 1 heterocycles. The molecular weight excluding hydrogens is 258 g/mol. The maximum atomic E-state index is 11.1. The van der Waals surface area contributed by atoms with Crippen LogP contribution in [0.1, 0.15) is 32.9 Å². The van der Waals surface area contributed by atoms with Gasteiger partial charge in [0.1, 0.15) is 5.69 Å². The van der Waals surface area contributed by atoms with E-state index in [9.17, 15) is 10.1 Å². The highest BCUT2D eigenvalue weighted by Crippen LogP contribution is 2.22. The molecule has 0 aliphatic carbocycles. The number of ether oxygens (including phenoxy) is 1. The molecule has 0 aromatic carbocycles. The van der Waals surface area contributed by atoms with E-state index < -0.39 is 0 Å². The van der Waals surface area contributed by atoms with Crippen molar-refractivity contribution < 1.29 is 9.66 Å². The Morgan fingerprint density at radius 3 is 2.65 bits per heavy atom. The summed E-state index contributed by atoms with van der Waals surface area (Å²) in [5.74, 6) is 0.925. The number of pyridine rings is 1. The third kappa shape index (κ3) is 4.77. The van der Waals surface area contributed by atoms with Gasteiger partial charge in [0.25, 0.3) is 5.69 Å². The number of rotatable bonds is 8. The van der Waals surface area contributed by atoms with E-state index in [1.54, 1.807) is 0 Å². The van der Waals surface area contributed by atoms with Gasteiger partial charge in [-0.2, -0.15) is 0 Å². The highest BCUT2D eigenvalue weighted by atomic mass is 16.6. The van der Waals surface area contributed by atoms with Crippen LogP contribution >= 0.6 is 0 Å². The standard InChI is InChI=1S/C14H23N3O3/c1-5-15-11(8-10(2)3)9-12-13(17(18)19)6-7-14(16-12)20-4/h6-7,10-11,15H,5,8-9H2,1-4H3. The Morgan fingerprint density at radius 2 is 2.15 bits per heavy atom. The Hall–Kier alpha value is -1.69. The van der Waals surface area contributed by atoms with Crippen molar-refractivity contribution >= 4 is 5.69 Å². The lowest BCUT2D eigenvalue weighted by molar-refractivity contribution is -0.386. The molecule has 0 bridgehead atoms. The molecular formula is C14H23N3O3. The van der Waals surface area contributed by atoms with Gasteiger partial charge >= 0.3 is 0 Å². The molecule has 1 aromatic rings. The second-order valence-electron chi connectivity index (χ2n) is 5.16. The first-order chi connectivity index (χ1) is 9.47. The average Bonchev–Trinajstić information content (AvgIpc) is 2.37. The number of nitrogens with one attached hydrogen (secondary N) is 1. The molecule has 1 N–H and O–H groups in total. The van der Waals surface area contributed by atoms with Gasteiger partial charge in [0, 0.05) is 24.6 Å². The number of hydrogen-bond acceptors (Lipinski definition) is 5. The molecule has 0 radical (unpaired) electrons. The van der Waals surface area contributed by atoms with Crippen LogP contribution in [-0.4, -0.2) is 29.6 Å². The largest absolute Gasteiger partial charge is 0.481 e. The van der Waals surface area contributed by atoms with Gasteiger partial charge in [-0.15, -0.1) is 0 Å². The minimum Gasteiger partial charge on any atom is -0.481 e. The van der Waals surface area contributed by atoms with Crippen LogP contribution in [0, 0.1) is 16.0 Å². The van der Waals surface area contributed by atoms with Gasteiger partial charge in [0.15, 0.2) is 0 Å². The number of likely N-dealkylation sites (N-methyl/N-ethyl adjacent to an activating group) is 1. The zero-order chi connectivity index (χ0) is 15.1. The van der Waals surface area contributed by atoms with Crippen molar-refractivity contribution in [2.24, 2.45) is 5.92 Å². The molecule has 112 valence electrons. The Bertz CT molecular complexity index is 449. The smallest absolute Gasteiger partial charge is 0.291 e. The molecule has 0 amide bonds. The van der Waals surface area contributed by atoms with Gasteiger partial charge in [0.05, 0.1) is 12.0 Å². The van der Waals surface area contributed by atoms with Crippen molar-refractivity contribution in [1.29, 1.82) is 0 Å². The summed E-state index contributed by atoms with van der Waals surface area (Å²) in [4.78, 5) is 14.9. The summed E-state index contributed by atoms with van der Waals surface area (Å²) in [6, 6.07) is 3.16. The number of nitrogens with zero attached hydrogens (tertiary/aromatic N) is 2. The Morgan fingerprint density at radius 1 is 1.45 bits per heavy atom. The number of nitro groups is 1. The first-order valence-electron chi connectivity index (χ1n) is 6.89. The summed E-state index contributed by atoms with van der Waals surface area (Å²) in [5.41, 5.74) is 0.526. The van der Waals surface area contributed by atoms with Crippen LogP contribution in [0.25, 0.3) is 0 Å².